The molecule has 1 aromatic heterocycles. The second-order valence-electron chi connectivity index (χ2n) is 3.17. The van der Waals surface area contributed by atoms with Gasteiger partial charge in [0, 0.05) is 21.9 Å². The number of hydrogen-bond donors (Lipinski definition) is 2. The second-order valence-corrected chi connectivity index (χ2v) is 4.40. The zero-order valence-electron chi connectivity index (χ0n) is 7.74. The Morgan fingerprint density at radius 2 is 2.07 bits per heavy atom. The monoisotopic (exact) mass is 285 g/mol. The third kappa shape index (κ3) is 2.09. The van der Waals surface area contributed by atoms with Crippen molar-refractivity contribution in [3.8, 4) is 0 Å². The van der Waals surface area contributed by atoms with Gasteiger partial charge in [-0.05, 0) is 34.1 Å². The summed E-state index contributed by atoms with van der Waals surface area (Å²) in [4.78, 5) is 2.96. The minimum Gasteiger partial charge on any atom is -0.382 e. The first-order valence-electron chi connectivity index (χ1n) is 4.45. The quantitative estimate of drug-likeness (QED) is 0.871. The summed E-state index contributed by atoms with van der Waals surface area (Å²) in [7, 11) is 0. The van der Waals surface area contributed by atoms with Gasteiger partial charge in [-0.15, -0.1) is 0 Å². The Morgan fingerprint density at radius 3 is 2.73 bits per heavy atom. The van der Waals surface area contributed by atoms with E-state index in [2.05, 4.69) is 20.9 Å². The summed E-state index contributed by atoms with van der Waals surface area (Å²) < 4.78 is 0.785. The molecular weight excluding hydrogens is 277 g/mol. The van der Waals surface area contributed by atoms with Crippen LogP contribution >= 0.6 is 27.5 Å². The molecule has 0 saturated heterocycles. The van der Waals surface area contributed by atoms with E-state index < -0.39 is 6.10 Å². The molecule has 1 unspecified atom stereocenters. The number of halogens is 2. The maximum Gasteiger partial charge on any atom is 0.120 e. The molecule has 0 bridgehead atoms. The van der Waals surface area contributed by atoms with Crippen molar-refractivity contribution in [3.63, 3.8) is 0 Å². The number of benzene rings is 1. The van der Waals surface area contributed by atoms with Gasteiger partial charge in [-0.3, -0.25) is 0 Å². The molecule has 0 amide bonds. The summed E-state index contributed by atoms with van der Waals surface area (Å²) in [6.07, 6.45) is 1.05. The summed E-state index contributed by atoms with van der Waals surface area (Å²) in [5.41, 5.74) is 1.42. The molecule has 4 heteroatoms. The van der Waals surface area contributed by atoms with E-state index in [1.165, 1.54) is 0 Å². The molecule has 0 aliphatic carbocycles. The summed E-state index contributed by atoms with van der Waals surface area (Å²) in [6.45, 7) is 0. The van der Waals surface area contributed by atoms with Crippen molar-refractivity contribution in [2.24, 2.45) is 0 Å². The maximum absolute atomic E-state index is 10.0. The van der Waals surface area contributed by atoms with Gasteiger partial charge >= 0.3 is 0 Å². The molecule has 0 aliphatic rings. The Bertz CT molecular complexity index is 456. The van der Waals surface area contributed by atoms with Crippen molar-refractivity contribution in [1.82, 2.24) is 4.98 Å². The van der Waals surface area contributed by atoms with Gasteiger partial charge in [0.25, 0.3) is 0 Å². The Balaban J connectivity index is 2.42. The molecule has 0 saturated carbocycles. The third-order valence-corrected chi connectivity index (χ3v) is 3.50. The molecular formula is C11H9BrClNO. The fourth-order valence-electron chi connectivity index (χ4n) is 1.41. The molecule has 0 fully saturated rings. The van der Waals surface area contributed by atoms with E-state index >= 15 is 0 Å². The number of aromatic nitrogens is 1. The number of hydrogen-bond acceptors (Lipinski definition) is 1. The van der Waals surface area contributed by atoms with Crippen LogP contribution in [0.4, 0.5) is 0 Å². The lowest BCUT2D eigenvalue weighted by Gasteiger charge is -2.11. The molecule has 2 rings (SSSR count). The molecule has 0 radical (unpaired) electrons. The fourth-order valence-corrected chi connectivity index (χ4v) is 2.02. The van der Waals surface area contributed by atoms with Gasteiger partial charge in [-0.25, -0.2) is 0 Å². The molecule has 2 N–H and O–H groups in total. The van der Waals surface area contributed by atoms with Crippen LogP contribution in [0.3, 0.4) is 0 Å². The van der Waals surface area contributed by atoms with Crippen LogP contribution in [0.2, 0.25) is 5.02 Å². The number of H-pyrrole nitrogens is 1. The topological polar surface area (TPSA) is 36.0 Å². The standard InChI is InChI=1S/C11H9BrClNO/c12-8-4-1-3-7(10(8)13)11(15)9-5-2-6-14-9/h1-6,11,14-15H. The molecule has 1 heterocycles. The first kappa shape index (κ1) is 10.7. The molecule has 0 aliphatic heterocycles. The number of aromatic amines is 1. The summed E-state index contributed by atoms with van der Waals surface area (Å²) >= 11 is 9.41. The van der Waals surface area contributed by atoms with Gasteiger partial charge in [0.15, 0.2) is 0 Å². The largest absolute Gasteiger partial charge is 0.382 e. The van der Waals surface area contributed by atoms with Crippen molar-refractivity contribution in [1.29, 1.82) is 0 Å². The van der Waals surface area contributed by atoms with Crippen molar-refractivity contribution in [2.75, 3.05) is 0 Å². The lowest BCUT2D eigenvalue weighted by molar-refractivity contribution is 0.216. The summed E-state index contributed by atoms with van der Waals surface area (Å²) in [5, 5.41) is 10.6. The molecule has 15 heavy (non-hydrogen) atoms. The number of aliphatic hydroxyl groups is 1. The highest BCUT2D eigenvalue weighted by Crippen LogP contribution is 2.32. The molecule has 2 aromatic rings. The van der Waals surface area contributed by atoms with E-state index in [9.17, 15) is 5.11 Å². The van der Waals surface area contributed by atoms with Crippen LogP contribution in [0.15, 0.2) is 41.0 Å². The smallest absolute Gasteiger partial charge is 0.120 e. The zero-order chi connectivity index (χ0) is 10.8. The van der Waals surface area contributed by atoms with Crippen LogP contribution in [-0.4, -0.2) is 10.1 Å². The molecule has 0 spiro atoms. The number of aliphatic hydroxyl groups excluding tert-OH is 1. The number of rotatable bonds is 2. The van der Waals surface area contributed by atoms with Crippen LogP contribution < -0.4 is 0 Å². The second kappa shape index (κ2) is 4.39. The van der Waals surface area contributed by atoms with E-state index in [1.807, 2.05) is 24.3 Å². The SMILES string of the molecule is OC(c1ccc[nH]1)c1cccc(Br)c1Cl. The van der Waals surface area contributed by atoms with Crippen LogP contribution in [-0.2, 0) is 0 Å². The third-order valence-electron chi connectivity index (χ3n) is 2.19. The van der Waals surface area contributed by atoms with Crippen LogP contribution in [0, 0.1) is 0 Å². The molecule has 78 valence electrons. The molecule has 1 aromatic carbocycles. The predicted molar refractivity (Wildman–Crippen MR) is 64.0 cm³/mol. The van der Waals surface area contributed by atoms with E-state index in [4.69, 9.17) is 11.6 Å². The maximum atomic E-state index is 10.0. The highest BCUT2D eigenvalue weighted by Gasteiger charge is 2.15. The highest BCUT2D eigenvalue weighted by atomic mass is 79.9. The highest BCUT2D eigenvalue weighted by molar-refractivity contribution is 9.10. The Morgan fingerprint density at radius 1 is 1.27 bits per heavy atom. The fraction of sp³-hybridized carbons (Fsp3) is 0.0909. The molecule has 2 nitrogen and oxygen atoms in total. The molecule has 1 atom stereocenters. The zero-order valence-corrected chi connectivity index (χ0v) is 10.1. The average molecular weight is 287 g/mol. The van der Waals surface area contributed by atoms with E-state index in [-0.39, 0.29) is 0 Å². The van der Waals surface area contributed by atoms with E-state index in [0.29, 0.717) is 10.6 Å². The van der Waals surface area contributed by atoms with E-state index in [0.717, 1.165) is 10.2 Å². The Labute approximate surface area is 101 Å². The lowest BCUT2D eigenvalue weighted by Crippen LogP contribution is -2.00. The van der Waals surface area contributed by atoms with Crippen molar-refractivity contribution in [2.45, 2.75) is 6.10 Å². The summed E-state index contributed by atoms with van der Waals surface area (Å²) in [5.74, 6) is 0. The van der Waals surface area contributed by atoms with Crippen molar-refractivity contribution < 1.29 is 5.11 Å². The van der Waals surface area contributed by atoms with Gasteiger partial charge < -0.3 is 10.1 Å². The Kier molecular flexibility index (Phi) is 3.14. The predicted octanol–water partition coefficient (Wildman–Crippen LogP) is 3.51. The minimum absolute atomic E-state index is 0.541. The lowest BCUT2D eigenvalue weighted by atomic mass is 10.1. The summed E-state index contributed by atoms with van der Waals surface area (Å²) in [6, 6.07) is 9.15. The van der Waals surface area contributed by atoms with Crippen molar-refractivity contribution in [3.05, 3.63) is 57.3 Å². The van der Waals surface area contributed by atoms with Crippen LogP contribution in [0.25, 0.3) is 0 Å². The number of nitrogens with one attached hydrogen (secondary N) is 1. The first-order chi connectivity index (χ1) is 7.20. The van der Waals surface area contributed by atoms with Gasteiger partial charge in [-0.1, -0.05) is 23.7 Å². The van der Waals surface area contributed by atoms with Gasteiger partial charge in [0.2, 0.25) is 0 Å². The average Bonchev–Trinajstić information content (AvgIpc) is 2.74. The Hall–Kier alpha value is -0.770. The van der Waals surface area contributed by atoms with Crippen LogP contribution in [0.1, 0.15) is 17.4 Å². The van der Waals surface area contributed by atoms with Gasteiger partial charge in [0.05, 0.1) is 5.02 Å². The van der Waals surface area contributed by atoms with E-state index in [1.54, 1.807) is 12.3 Å². The van der Waals surface area contributed by atoms with Gasteiger partial charge in [0.1, 0.15) is 6.10 Å². The first-order valence-corrected chi connectivity index (χ1v) is 5.62. The normalized spacial score (nSPS) is 12.7. The van der Waals surface area contributed by atoms with Gasteiger partial charge in [-0.2, -0.15) is 0 Å². The van der Waals surface area contributed by atoms with Crippen LogP contribution in [0.5, 0.6) is 0 Å². The van der Waals surface area contributed by atoms with Crippen molar-refractivity contribution >= 4 is 27.5 Å². The minimum atomic E-state index is -0.718.